The monoisotopic (exact) mass is 503 g/mol. The molecule has 0 radical (unpaired) electrons. The highest BCUT2D eigenvalue weighted by Crippen LogP contribution is 2.27. The summed E-state index contributed by atoms with van der Waals surface area (Å²) in [6.45, 7) is 3.66. The SMILES string of the molecule is Cc1cccc(NC(=O)COc2ccc(/C=C(\C#N)C(=O)Nc3ccccc3C)cc2Br)c1. The van der Waals surface area contributed by atoms with Gasteiger partial charge in [-0.3, -0.25) is 9.59 Å². The average Bonchev–Trinajstić information content (AvgIpc) is 2.78. The molecule has 0 aliphatic rings. The van der Waals surface area contributed by atoms with E-state index in [1.807, 2.05) is 62.4 Å². The van der Waals surface area contributed by atoms with Gasteiger partial charge in [-0.25, -0.2) is 0 Å². The van der Waals surface area contributed by atoms with Gasteiger partial charge in [-0.15, -0.1) is 0 Å². The fourth-order valence-electron chi connectivity index (χ4n) is 3.01. The maximum absolute atomic E-state index is 12.5. The number of carbonyl (C=O) groups is 2. The second-order valence-corrected chi connectivity index (χ2v) is 8.19. The van der Waals surface area contributed by atoms with Gasteiger partial charge in [0.2, 0.25) is 0 Å². The molecule has 7 heteroatoms. The fraction of sp³-hybridized carbons (Fsp3) is 0.115. The summed E-state index contributed by atoms with van der Waals surface area (Å²) >= 11 is 3.42. The molecule has 0 saturated heterocycles. The Hall–Kier alpha value is -3.89. The number of rotatable bonds is 7. The maximum Gasteiger partial charge on any atom is 0.266 e. The van der Waals surface area contributed by atoms with Crippen LogP contribution in [0.5, 0.6) is 5.75 Å². The van der Waals surface area contributed by atoms with Crippen LogP contribution in [0.15, 0.2) is 76.8 Å². The molecule has 3 aromatic rings. The zero-order valence-electron chi connectivity index (χ0n) is 18.2. The lowest BCUT2D eigenvalue weighted by atomic mass is 10.1. The third-order valence-electron chi connectivity index (χ3n) is 4.69. The Labute approximate surface area is 201 Å². The van der Waals surface area contributed by atoms with E-state index in [-0.39, 0.29) is 18.1 Å². The molecule has 0 bridgehead atoms. The first-order chi connectivity index (χ1) is 15.9. The molecule has 0 aliphatic carbocycles. The van der Waals surface area contributed by atoms with Gasteiger partial charge in [0.25, 0.3) is 11.8 Å². The molecule has 3 aromatic carbocycles. The predicted molar refractivity (Wildman–Crippen MR) is 133 cm³/mol. The van der Waals surface area contributed by atoms with E-state index in [9.17, 15) is 14.9 Å². The van der Waals surface area contributed by atoms with Gasteiger partial charge in [-0.1, -0.05) is 36.4 Å². The Morgan fingerprint density at radius 3 is 2.52 bits per heavy atom. The number of anilines is 2. The maximum atomic E-state index is 12.5. The lowest BCUT2D eigenvalue weighted by molar-refractivity contribution is -0.118. The third-order valence-corrected chi connectivity index (χ3v) is 5.31. The van der Waals surface area contributed by atoms with Crippen molar-refractivity contribution in [3.8, 4) is 11.8 Å². The summed E-state index contributed by atoms with van der Waals surface area (Å²) in [4.78, 5) is 24.7. The van der Waals surface area contributed by atoms with Crippen LogP contribution in [0, 0.1) is 25.2 Å². The zero-order chi connectivity index (χ0) is 23.8. The largest absolute Gasteiger partial charge is 0.483 e. The van der Waals surface area contributed by atoms with Crippen LogP contribution in [0.3, 0.4) is 0 Å². The van der Waals surface area contributed by atoms with E-state index >= 15 is 0 Å². The van der Waals surface area contributed by atoms with Crippen LogP contribution in [0.1, 0.15) is 16.7 Å². The van der Waals surface area contributed by atoms with E-state index < -0.39 is 5.91 Å². The summed E-state index contributed by atoms with van der Waals surface area (Å²) < 4.78 is 6.20. The number of hydrogen-bond acceptors (Lipinski definition) is 4. The zero-order valence-corrected chi connectivity index (χ0v) is 19.8. The number of aryl methyl sites for hydroxylation is 2. The molecule has 0 saturated carbocycles. The first-order valence-corrected chi connectivity index (χ1v) is 10.9. The number of nitrogens with zero attached hydrogens (tertiary/aromatic N) is 1. The molecule has 2 amide bonds. The van der Waals surface area contributed by atoms with Gasteiger partial charge in [-0.05, 0) is 82.9 Å². The Balaban J connectivity index is 1.64. The number of hydrogen-bond donors (Lipinski definition) is 2. The highest BCUT2D eigenvalue weighted by Gasteiger charge is 2.12. The molecule has 0 heterocycles. The topological polar surface area (TPSA) is 91.2 Å². The van der Waals surface area contributed by atoms with E-state index in [4.69, 9.17) is 4.74 Å². The van der Waals surface area contributed by atoms with Crippen LogP contribution in [-0.4, -0.2) is 18.4 Å². The van der Waals surface area contributed by atoms with E-state index in [1.165, 1.54) is 6.08 Å². The molecule has 0 spiro atoms. The second kappa shape index (κ2) is 11.1. The van der Waals surface area contributed by atoms with Crippen molar-refractivity contribution < 1.29 is 14.3 Å². The minimum atomic E-state index is -0.490. The minimum absolute atomic E-state index is 0.0312. The first-order valence-electron chi connectivity index (χ1n) is 10.1. The van der Waals surface area contributed by atoms with Gasteiger partial charge in [0.1, 0.15) is 17.4 Å². The average molecular weight is 504 g/mol. The normalized spacial score (nSPS) is 10.8. The quantitative estimate of drug-likeness (QED) is 0.322. The van der Waals surface area contributed by atoms with Crippen molar-refractivity contribution in [3.05, 3.63) is 93.5 Å². The van der Waals surface area contributed by atoms with Crippen LogP contribution in [0.4, 0.5) is 11.4 Å². The van der Waals surface area contributed by atoms with Crippen molar-refractivity contribution in [2.45, 2.75) is 13.8 Å². The number of halogens is 1. The summed E-state index contributed by atoms with van der Waals surface area (Å²) in [6, 6.07) is 21.9. The molecule has 3 rings (SSSR count). The van der Waals surface area contributed by atoms with E-state index in [2.05, 4.69) is 26.6 Å². The molecular weight excluding hydrogens is 482 g/mol. The molecule has 0 unspecified atom stereocenters. The number of carbonyl (C=O) groups excluding carboxylic acids is 2. The molecular formula is C26H22BrN3O3. The van der Waals surface area contributed by atoms with Crippen molar-refractivity contribution >= 4 is 45.2 Å². The fourth-order valence-corrected chi connectivity index (χ4v) is 3.52. The molecule has 166 valence electrons. The Morgan fingerprint density at radius 2 is 1.82 bits per heavy atom. The predicted octanol–water partition coefficient (Wildman–Crippen LogP) is 5.63. The van der Waals surface area contributed by atoms with Crippen molar-refractivity contribution in [3.63, 3.8) is 0 Å². The number of amides is 2. The van der Waals surface area contributed by atoms with E-state index in [0.29, 0.717) is 27.2 Å². The summed E-state index contributed by atoms with van der Waals surface area (Å²) in [5.41, 5.74) is 3.91. The molecule has 0 aromatic heterocycles. The van der Waals surface area contributed by atoms with Gasteiger partial charge in [0, 0.05) is 11.4 Å². The highest BCUT2D eigenvalue weighted by molar-refractivity contribution is 9.10. The smallest absolute Gasteiger partial charge is 0.266 e. The van der Waals surface area contributed by atoms with Gasteiger partial charge in [0.05, 0.1) is 4.47 Å². The number of nitrogens with one attached hydrogen (secondary N) is 2. The number of para-hydroxylation sites is 1. The summed E-state index contributed by atoms with van der Waals surface area (Å²) in [5.74, 6) is -0.304. The number of ether oxygens (including phenoxy) is 1. The van der Waals surface area contributed by atoms with Crippen molar-refractivity contribution in [1.82, 2.24) is 0 Å². The van der Waals surface area contributed by atoms with E-state index in [1.54, 1.807) is 24.3 Å². The van der Waals surface area contributed by atoms with Gasteiger partial charge in [0.15, 0.2) is 6.61 Å². The van der Waals surface area contributed by atoms with Crippen LogP contribution in [-0.2, 0) is 9.59 Å². The highest BCUT2D eigenvalue weighted by atomic mass is 79.9. The number of benzene rings is 3. The van der Waals surface area contributed by atoms with Gasteiger partial charge < -0.3 is 15.4 Å². The Morgan fingerprint density at radius 1 is 1.03 bits per heavy atom. The molecule has 0 atom stereocenters. The summed E-state index contributed by atoms with van der Waals surface area (Å²) in [5, 5.41) is 15.0. The van der Waals surface area contributed by atoms with Gasteiger partial charge in [-0.2, -0.15) is 5.26 Å². The van der Waals surface area contributed by atoms with Crippen molar-refractivity contribution in [2.24, 2.45) is 0 Å². The summed E-state index contributed by atoms with van der Waals surface area (Å²) in [6.07, 6.45) is 1.49. The Bertz CT molecular complexity index is 1260. The van der Waals surface area contributed by atoms with E-state index in [0.717, 1.165) is 11.1 Å². The van der Waals surface area contributed by atoms with Crippen LogP contribution in [0.25, 0.3) is 6.08 Å². The van der Waals surface area contributed by atoms with Crippen molar-refractivity contribution in [2.75, 3.05) is 17.2 Å². The standard InChI is InChI=1S/C26H22BrN3O3/c1-17-6-5-8-21(12-17)29-25(31)16-33-24-11-10-19(14-22(24)27)13-20(15-28)26(32)30-23-9-4-3-7-18(23)2/h3-14H,16H2,1-2H3,(H,29,31)(H,30,32)/b20-13+. The Kier molecular flexibility index (Phi) is 8.01. The van der Waals surface area contributed by atoms with Crippen molar-refractivity contribution in [1.29, 1.82) is 5.26 Å². The van der Waals surface area contributed by atoms with Crippen LogP contribution < -0.4 is 15.4 Å². The first kappa shape index (κ1) is 23.8. The van der Waals surface area contributed by atoms with Crippen LogP contribution >= 0.6 is 15.9 Å². The molecule has 0 aliphatic heterocycles. The third kappa shape index (κ3) is 6.79. The molecule has 6 nitrogen and oxygen atoms in total. The molecule has 2 N–H and O–H groups in total. The number of nitriles is 1. The van der Waals surface area contributed by atoms with Gasteiger partial charge >= 0.3 is 0 Å². The summed E-state index contributed by atoms with van der Waals surface area (Å²) in [7, 11) is 0. The lowest BCUT2D eigenvalue weighted by Gasteiger charge is -2.10. The lowest BCUT2D eigenvalue weighted by Crippen LogP contribution is -2.20. The second-order valence-electron chi connectivity index (χ2n) is 7.34. The van der Waals surface area contributed by atoms with Crippen LogP contribution in [0.2, 0.25) is 0 Å². The minimum Gasteiger partial charge on any atom is -0.483 e. The molecule has 33 heavy (non-hydrogen) atoms. The molecule has 0 fully saturated rings.